The van der Waals surface area contributed by atoms with Gasteiger partial charge in [-0.15, -0.1) is 4.91 Å². The van der Waals surface area contributed by atoms with Crippen LogP contribution in [0.25, 0.3) is 10.9 Å². The zero-order chi connectivity index (χ0) is 13.3. The Kier molecular flexibility index (Phi) is 2.97. The third-order valence-corrected chi connectivity index (χ3v) is 2.74. The van der Waals surface area contributed by atoms with Crippen molar-refractivity contribution in [3.8, 4) is 5.88 Å². The van der Waals surface area contributed by atoms with Crippen molar-refractivity contribution in [3.05, 3.63) is 33.2 Å². The fourth-order valence-electron chi connectivity index (χ4n) is 1.96. The van der Waals surface area contributed by atoms with E-state index in [4.69, 9.17) is 0 Å². The van der Waals surface area contributed by atoms with E-state index >= 15 is 0 Å². The Bertz CT molecular complexity index is 633. The van der Waals surface area contributed by atoms with Gasteiger partial charge in [-0.2, -0.15) is 0 Å². The molecule has 7 heteroatoms. The second-order valence-corrected chi connectivity index (χ2v) is 3.87. The van der Waals surface area contributed by atoms with Crippen LogP contribution in [-0.2, 0) is 6.54 Å². The molecule has 0 amide bonds. The van der Waals surface area contributed by atoms with E-state index in [-0.39, 0.29) is 17.3 Å². The maximum Gasteiger partial charge on any atom is 0.270 e. The summed E-state index contributed by atoms with van der Waals surface area (Å²) >= 11 is 0. The number of nitrogens with zero attached hydrogens (tertiary/aromatic N) is 3. The average molecular weight is 249 g/mol. The molecule has 2 aromatic rings. The van der Waals surface area contributed by atoms with Gasteiger partial charge in [-0.1, -0.05) is 6.92 Å². The van der Waals surface area contributed by atoms with Gasteiger partial charge in [0, 0.05) is 24.1 Å². The first-order valence-electron chi connectivity index (χ1n) is 5.43. The molecule has 0 atom stereocenters. The summed E-state index contributed by atoms with van der Waals surface area (Å²) in [5.74, 6) is -0.248. The first kappa shape index (κ1) is 12.0. The van der Waals surface area contributed by atoms with Crippen molar-refractivity contribution in [1.29, 1.82) is 0 Å². The lowest BCUT2D eigenvalue weighted by Crippen LogP contribution is -1.95. The van der Waals surface area contributed by atoms with Gasteiger partial charge in [0.15, 0.2) is 5.69 Å². The van der Waals surface area contributed by atoms with E-state index < -0.39 is 4.92 Å². The maximum absolute atomic E-state index is 10.7. The Hall–Kier alpha value is -2.44. The van der Waals surface area contributed by atoms with Crippen LogP contribution >= 0.6 is 0 Å². The third kappa shape index (κ3) is 1.69. The summed E-state index contributed by atoms with van der Waals surface area (Å²) in [6, 6.07) is 4.10. The molecular formula is C11H11N3O4. The topological polar surface area (TPSA) is 97.7 Å². The van der Waals surface area contributed by atoms with Gasteiger partial charge in [0.2, 0.25) is 5.88 Å². The number of hydrogen-bond donors (Lipinski definition) is 1. The number of aromatic nitrogens is 1. The molecule has 1 aromatic heterocycles. The lowest BCUT2D eigenvalue weighted by Gasteiger charge is -2.03. The predicted molar refractivity (Wildman–Crippen MR) is 66.0 cm³/mol. The van der Waals surface area contributed by atoms with Gasteiger partial charge in [0.1, 0.15) is 0 Å². The number of fused-ring (bicyclic) bond motifs is 1. The quantitative estimate of drug-likeness (QED) is 0.511. The van der Waals surface area contributed by atoms with E-state index in [1.165, 1.54) is 22.8 Å². The molecule has 0 radical (unpaired) electrons. The number of aromatic hydroxyl groups is 1. The van der Waals surface area contributed by atoms with E-state index in [0.29, 0.717) is 17.4 Å². The predicted octanol–water partition coefficient (Wildman–Crippen LogP) is 3.06. The third-order valence-electron chi connectivity index (χ3n) is 2.74. The van der Waals surface area contributed by atoms with Gasteiger partial charge in [0.05, 0.1) is 10.4 Å². The van der Waals surface area contributed by atoms with Crippen LogP contribution in [0.15, 0.2) is 23.4 Å². The van der Waals surface area contributed by atoms with E-state index in [9.17, 15) is 20.1 Å². The van der Waals surface area contributed by atoms with Crippen molar-refractivity contribution in [2.24, 2.45) is 5.18 Å². The van der Waals surface area contributed by atoms with Crippen LogP contribution in [0.3, 0.4) is 0 Å². The van der Waals surface area contributed by atoms with Gasteiger partial charge >= 0.3 is 0 Å². The lowest BCUT2D eigenvalue weighted by molar-refractivity contribution is -0.384. The van der Waals surface area contributed by atoms with Crippen molar-refractivity contribution < 1.29 is 10.0 Å². The second-order valence-electron chi connectivity index (χ2n) is 3.87. The minimum atomic E-state index is -0.553. The summed E-state index contributed by atoms with van der Waals surface area (Å²) in [7, 11) is 0. The minimum absolute atomic E-state index is 0.138. The first-order chi connectivity index (χ1) is 8.60. The molecule has 1 aromatic carbocycles. The molecule has 0 aliphatic rings. The van der Waals surface area contributed by atoms with E-state index in [0.717, 1.165) is 6.42 Å². The van der Waals surface area contributed by atoms with Gasteiger partial charge in [0.25, 0.3) is 5.69 Å². The smallest absolute Gasteiger partial charge is 0.270 e. The molecule has 1 heterocycles. The molecule has 1 N–H and O–H groups in total. The molecule has 94 valence electrons. The van der Waals surface area contributed by atoms with Gasteiger partial charge in [-0.3, -0.25) is 10.1 Å². The van der Waals surface area contributed by atoms with Crippen molar-refractivity contribution in [3.63, 3.8) is 0 Å². The molecule has 0 bridgehead atoms. The van der Waals surface area contributed by atoms with Crippen LogP contribution in [0.4, 0.5) is 11.4 Å². The number of nitro benzene ring substituents is 1. The van der Waals surface area contributed by atoms with E-state index in [1.54, 1.807) is 0 Å². The number of non-ortho nitro benzene ring substituents is 1. The highest BCUT2D eigenvalue weighted by Crippen LogP contribution is 2.39. The first-order valence-corrected chi connectivity index (χ1v) is 5.43. The van der Waals surface area contributed by atoms with Crippen LogP contribution in [-0.4, -0.2) is 14.6 Å². The number of hydrogen-bond acceptors (Lipinski definition) is 5. The second kappa shape index (κ2) is 4.44. The molecule has 2 rings (SSSR count). The molecule has 0 aliphatic heterocycles. The Morgan fingerprint density at radius 2 is 2.22 bits per heavy atom. The highest BCUT2D eigenvalue weighted by atomic mass is 16.6. The summed E-state index contributed by atoms with van der Waals surface area (Å²) < 4.78 is 1.52. The number of aryl methyl sites for hydroxylation is 1. The zero-order valence-corrected chi connectivity index (χ0v) is 9.66. The Morgan fingerprint density at radius 3 is 2.78 bits per heavy atom. The summed E-state index contributed by atoms with van der Waals surface area (Å²) in [4.78, 5) is 20.9. The summed E-state index contributed by atoms with van der Waals surface area (Å²) in [6.07, 6.45) is 0.757. The fourth-order valence-corrected chi connectivity index (χ4v) is 1.96. The standard InChI is InChI=1S/C11H11N3O4/c1-2-5-13-9-4-3-7(14(17)18)6-8(9)10(12-16)11(13)15/h3-4,6,15H,2,5H2,1H3. The van der Waals surface area contributed by atoms with Crippen LogP contribution in [0, 0.1) is 15.0 Å². The van der Waals surface area contributed by atoms with Crippen molar-refractivity contribution in [2.45, 2.75) is 19.9 Å². The van der Waals surface area contributed by atoms with Crippen molar-refractivity contribution in [2.75, 3.05) is 0 Å². The molecule has 7 nitrogen and oxygen atoms in total. The van der Waals surface area contributed by atoms with E-state index in [2.05, 4.69) is 5.18 Å². The largest absolute Gasteiger partial charge is 0.493 e. The molecule has 0 fully saturated rings. The minimum Gasteiger partial charge on any atom is -0.493 e. The number of rotatable bonds is 4. The number of benzene rings is 1. The van der Waals surface area contributed by atoms with Gasteiger partial charge < -0.3 is 9.67 Å². The molecule has 0 saturated carbocycles. The van der Waals surface area contributed by atoms with Crippen LogP contribution in [0.2, 0.25) is 0 Å². The number of nitro groups is 1. The number of nitroso groups, excluding NO2 is 1. The summed E-state index contributed by atoms with van der Waals surface area (Å²) in [6.45, 7) is 2.43. The summed E-state index contributed by atoms with van der Waals surface area (Å²) in [5, 5.41) is 23.6. The average Bonchev–Trinajstić information content (AvgIpc) is 2.62. The lowest BCUT2D eigenvalue weighted by atomic mass is 10.2. The molecule has 18 heavy (non-hydrogen) atoms. The Balaban J connectivity index is 2.77. The molecule has 0 unspecified atom stereocenters. The van der Waals surface area contributed by atoms with Gasteiger partial charge in [-0.25, -0.2) is 0 Å². The van der Waals surface area contributed by atoms with E-state index in [1.807, 2.05) is 6.92 Å². The van der Waals surface area contributed by atoms with Crippen LogP contribution in [0.1, 0.15) is 13.3 Å². The maximum atomic E-state index is 10.7. The summed E-state index contributed by atoms with van der Waals surface area (Å²) in [5.41, 5.74) is 0.276. The van der Waals surface area contributed by atoms with Crippen LogP contribution < -0.4 is 0 Å². The Labute approximate surface area is 102 Å². The zero-order valence-electron chi connectivity index (χ0n) is 9.66. The highest BCUT2D eigenvalue weighted by molar-refractivity contribution is 5.96. The monoisotopic (exact) mass is 249 g/mol. The SMILES string of the molecule is CCCn1c(O)c(N=O)c2cc([N+](=O)[O-])ccc21. The molecule has 0 aliphatic carbocycles. The molecule has 0 saturated heterocycles. The molecular weight excluding hydrogens is 238 g/mol. The molecule has 0 spiro atoms. The normalized spacial score (nSPS) is 10.7. The van der Waals surface area contributed by atoms with Crippen LogP contribution in [0.5, 0.6) is 5.88 Å². The van der Waals surface area contributed by atoms with Crippen molar-refractivity contribution in [1.82, 2.24) is 4.57 Å². The Morgan fingerprint density at radius 1 is 1.50 bits per heavy atom. The van der Waals surface area contributed by atoms with Gasteiger partial charge in [-0.05, 0) is 17.7 Å². The highest BCUT2D eigenvalue weighted by Gasteiger charge is 2.19. The van der Waals surface area contributed by atoms with Crippen molar-refractivity contribution >= 4 is 22.3 Å². The fraction of sp³-hybridized carbons (Fsp3) is 0.273.